The van der Waals surface area contributed by atoms with Crippen LogP contribution in [0.15, 0.2) is 52.1 Å². The number of ether oxygens (including phenoxy) is 2. The van der Waals surface area contributed by atoms with E-state index in [-0.39, 0.29) is 0 Å². The highest BCUT2D eigenvalue weighted by atomic mass is 16.6. The van der Waals surface area contributed by atoms with Crippen LogP contribution in [0.25, 0.3) is 5.69 Å². The quantitative estimate of drug-likeness (QED) is 0.569. The maximum absolute atomic E-state index is 13.0. The van der Waals surface area contributed by atoms with Gasteiger partial charge in [0, 0.05) is 13.8 Å². The van der Waals surface area contributed by atoms with E-state index < -0.39 is 47.6 Å². The van der Waals surface area contributed by atoms with E-state index in [0.29, 0.717) is 5.69 Å². The minimum atomic E-state index is -0.898. The summed E-state index contributed by atoms with van der Waals surface area (Å²) in [6.45, 7) is 2.48. The zero-order valence-corrected chi connectivity index (χ0v) is 14.6. The molecule has 1 aliphatic carbocycles. The maximum atomic E-state index is 13.0. The van der Waals surface area contributed by atoms with Crippen LogP contribution in [0.3, 0.4) is 0 Å². The molecule has 0 unspecified atom stereocenters. The zero-order chi connectivity index (χ0) is 19.3. The zero-order valence-electron chi connectivity index (χ0n) is 14.6. The number of nitrogens with zero attached hydrogens (tertiary/aromatic N) is 3. The van der Waals surface area contributed by atoms with Gasteiger partial charge in [0.15, 0.2) is 12.2 Å². The number of esters is 2. The summed E-state index contributed by atoms with van der Waals surface area (Å²) in [5.41, 5.74) is -0.678. The topological polar surface area (TPSA) is 102 Å². The number of hydrogen-bond donors (Lipinski definition) is 0. The second-order valence-electron chi connectivity index (χ2n) is 6.44. The highest BCUT2D eigenvalue weighted by Gasteiger charge is 2.50. The fraction of sp³-hybridized carbons (Fsp3) is 0.333. The summed E-state index contributed by atoms with van der Waals surface area (Å²) < 4.78 is 14.3. The molecule has 0 spiro atoms. The molecule has 0 saturated carbocycles. The predicted octanol–water partition coefficient (Wildman–Crippen LogP) is 0.330. The van der Waals surface area contributed by atoms with Crippen LogP contribution in [-0.4, -0.2) is 38.1 Å². The third-order valence-electron chi connectivity index (χ3n) is 4.69. The largest absolute Gasteiger partial charge is 0.456 e. The molecule has 0 amide bonds. The van der Waals surface area contributed by atoms with Crippen molar-refractivity contribution in [2.24, 2.45) is 0 Å². The Morgan fingerprint density at radius 2 is 1.26 bits per heavy atom. The first-order valence-corrected chi connectivity index (χ1v) is 8.44. The normalized spacial score (nSPS) is 25.1. The molecule has 2 aliphatic heterocycles. The van der Waals surface area contributed by atoms with E-state index in [1.807, 2.05) is 0 Å². The molecule has 5 rings (SSSR count). The van der Waals surface area contributed by atoms with Gasteiger partial charge in [0.2, 0.25) is 0 Å². The molecular formula is C18H17N3O6. The van der Waals surface area contributed by atoms with Crippen LogP contribution in [0.4, 0.5) is 0 Å². The molecule has 2 aromatic rings. The summed E-state index contributed by atoms with van der Waals surface area (Å²) in [6, 6.07) is 7.01. The van der Waals surface area contributed by atoms with Gasteiger partial charge in [0.1, 0.15) is 12.1 Å². The number of aromatic nitrogens is 3. The van der Waals surface area contributed by atoms with Crippen LogP contribution in [0.5, 0.6) is 0 Å². The minimum absolute atomic E-state index is 0.425. The van der Waals surface area contributed by atoms with Crippen LogP contribution in [-0.2, 0) is 19.1 Å². The molecule has 1 aromatic carbocycles. The summed E-state index contributed by atoms with van der Waals surface area (Å²) in [5.74, 6) is -1.13. The number of carbonyl (C=O) groups is 2. The summed E-state index contributed by atoms with van der Waals surface area (Å²) in [4.78, 5) is 49.1. The van der Waals surface area contributed by atoms with Crippen molar-refractivity contribution in [1.82, 2.24) is 13.9 Å². The molecule has 9 heteroatoms. The van der Waals surface area contributed by atoms with Gasteiger partial charge < -0.3 is 9.47 Å². The molecule has 0 fully saturated rings. The molecule has 9 nitrogen and oxygen atoms in total. The van der Waals surface area contributed by atoms with Gasteiger partial charge in [-0.1, -0.05) is 30.4 Å². The van der Waals surface area contributed by atoms with Crippen molar-refractivity contribution in [1.29, 1.82) is 0 Å². The van der Waals surface area contributed by atoms with E-state index >= 15 is 0 Å². The minimum Gasteiger partial charge on any atom is -0.456 e. The van der Waals surface area contributed by atoms with E-state index in [1.165, 1.54) is 23.2 Å². The Labute approximate surface area is 153 Å². The van der Waals surface area contributed by atoms with Crippen molar-refractivity contribution >= 4 is 11.9 Å². The van der Waals surface area contributed by atoms with Crippen LogP contribution in [0.2, 0.25) is 0 Å². The number of rotatable bonds is 3. The van der Waals surface area contributed by atoms with Gasteiger partial charge in [-0.15, -0.1) is 0 Å². The van der Waals surface area contributed by atoms with Crippen molar-refractivity contribution in [3.8, 4) is 5.69 Å². The fourth-order valence-electron chi connectivity index (χ4n) is 3.74. The maximum Gasteiger partial charge on any atom is 0.352 e. The van der Waals surface area contributed by atoms with Gasteiger partial charge in [0.25, 0.3) is 0 Å². The number of carbonyl (C=O) groups excluding carboxylic acids is 2. The van der Waals surface area contributed by atoms with E-state index in [2.05, 4.69) is 0 Å². The molecular weight excluding hydrogens is 354 g/mol. The van der Waals surface area contributed by atoms with Crippen molar-refractivity contribution in [2.45, 2.75) is 38.1 Å². The summed E-state index contributed by atoms with van der Waals surface area (Å²) in [5, 5.41) is 0. The van der Waals surface area contributed by atoms with E-state index in [0.717, 1.165) is 4.57 Å². The summed E-state index contributed by atoms with van der Waals surface area (Å²) in [6.07, 6.45) is 1.58. The SMILES string of the molecule is CC(=O)O[C@@H]1[C@H](OC(C)=O)[C@@H]2C=C[C@H]1n1c(=O)n(-c3ccccc3)c(=O)n12. The standard InChI is InChI=1S/C18H17N3O6/c1-10(22)26-15-13-8-9-14(16(15)27-11(2)23)21-18(25)19(17(24)20(13)21)12-6-4-3-5-7-12/h3-9,13-16H,1-2H3/t13-,14+,15+,16-. The van der Waals surface area contributed by atoms with E-state index in [4.69, 9.17) is 9.47 Å². The lowest BCUT2D eigenvalue weighted by molar-refractivity contribution is -0.177. The first-order chi connectivity index (χ1) is 12.9. The van der Waals surface area contributed by atoms with Gasteiger partial charge in [-0.2, -0.15) is 0 Å². The van der Waals surface area contributed by atoms with Crippen molar-refractivity contribution < 1.29 is 19.1 Å². The van der Waals surface area contributed by atoms with Crippen LogP contribution in [0, 0.1) is 0 Å². The Hall–Kier alpha value is -3.36. The second kappa shape index (κ2) is 6.11. The average Bonchev–Trinajstić information content (AvgIpc) is 2.90. The Kier molecular flexibility index (Phi) is 3.87. The molecule has 0 radical (unpaired) electrons. The molecule has 2 bridgehead atoms. The number of fused-ring (bicyclic) bond motifs is 1. The van der Waals surface area contributed by atoms with Gasteiger partial charge in [-0.25, -0.2) is 23.5 Å². The molecule has 1 aromatic heterocycles. The van der Waals surface area contributed by atoms with Crippen LogP contribution >= 0.6 is 0 Å². The lowest BCUT2D eigenvalue weighted by Gasteiger charge is -2.43. The number of para-hydroxylation sites is 1. The molecule has 3 heterocycles. The molecule has 0 saturated heterocycles. The molecule has 140 valence electrons. The monoisotopic (exact) mass is 371 g/mol. The van der Waals surface area contributed by atoms with Gasteiger partial charge in [-0.3, -0.25) is 9.59 Å². The lowest BCUT2D eigenvalue weighted by Crippen LogP contribution is -2.57. The first kappa shape index (κ1) is 17.1. The smallest absolute Gasteiger partial charge is 0.352 e. The molecule has 3 aliphatic rings. The third-order valence-corrected chi connectivity index (χ3v) is 4.69. The van der Waals surface area contributed by atoms with Crippen LogP contribution < -0.4 is 11.4 Å². The van der Waals surface area contributed by atoms with E-state index in [9.17, 15) is 19.2 Å². The first-order valence-electron chi connectivity index (χ1n) is 8.44. The summed E-state index contributed by atoms with van der Waals surface area (Å²) >= 11 is 0. The van der Waals surface area contributed by atoms with Crippen molar-refractivity contribution in [3.63, 3.8) is 0 Å². The van der Waals surface area contributed by atoms with Gasteiger partial charge >= 0.3 is 23.3 Å². The number of benzene rings is 1. The predicted molar refractivity (Wildman–Crippen MR) is 92.6 cm³/mol. The van der Waals surface area contributed by atoms with E-state index in [1.54, 1.807) is 42.5 Å². The number of hydrogen-bond acceptors (Lipinski definition) is 6. The highest BCUT2D eigenvalue weighted by Crippen LogP contribution is 2.38. The Morgan fingerprint density at radius 1 is 0.815 bits per heavy atom. The molecule has 0 N–H and O–H groups in total. The van der Waals surface area contributed by atoms with Gasteiger partial charge in [0.05, 0.1) is 5.69 Å². The Bertz CT molecular complexity index is 998. The average molecular weight is 371 g/mol. The Balaban J connectivity index is 1.92. The molecule has 4 atom stereocenters. The lowest BCUT2D eigenvalue weighted by atomic mass is 9.90. The van der Waals surface area contributed by atoms with Crippen LogP contribution in [0.1, 0.15) is 25.9 Å². The molecule has 27 heavy (non-hydrogen) atoms. The van der Waals surface area contributed by atoms with Crippen molar-refractivity contribution in [3.05, 3.63) is 63.5 Å². The highest BCUT2D eigenvalue weighted by molar-refractivity contribution is 5.67. The van der Waals surface area contributed by atoms with Gasteiger partial charge in [-0.05, 0) is 12.1 Å². The Morgan fingerprint density at radius 3 is 1.67 bits per heavy atom. The van der Waals surface area contributed by atoms with Crippen molar-refractivity contribution in [2.75, 3.05) is 0 Å². The summed E-state index contributed by atoms with van der Waals surface area (Å²) in [7, 11) is 0. The second-order valence-corrected chi connectivity index (χ2v) is 6.44. The third kappa shape index (κ3) is 2.54. The fourth-order valence-corrected chi connectivity index (χ4v) is 3.74.